The zero-order chi connectivity index (χ0) is 20.0. The topological polar surface area (TPSA) is 98.8 Å². The summed E-state index contributed by atoms with van der Waals surface area (Å²) in [6, 6.07) is 9.27. The van der Waals surface area contributed by atoms with E-state index in [1.807, 2.05) is 30.3 Å². The zero-order valence-corrected chi connectivity index (χ0v) is 16.7. The first-order valence-electron chi connectivity index (χ1n) is 8.19. The van der Waals surface area contributed by atoms with Crippen molar-refractivity contribution >= 4 is 22.0 Å². The molecule has 1 atom stereocenters. The lowest BCUT2D eigenvalue weighted by molar-refractivity contribution is -0.162. The minimum Gasteiger partial charge on any atom is -0.468 e. The van der Waals surface area contributed by atoms with Crippen LogP contribution < -0.4 is 5.32 Å². The third-order valence-corrected chi connectivity index (χ3v) is 4.25. The monoisotopic (exact) mass is 385 g/mol. The first-order chi connectivity index (χ1) is 11.9. The average Bonchev–Trinajstić information content (AvgIpc) is 2.53. The fourth-order valence-corrected chi connectivity index (χ4v) is 2.79. The van der Waals surface area contributed by atoms with Gasteiger partial charge in [0.05, 0.1) is 20.0 Å². The molecule has 1 amide bonds. The van der Waals surface area contributed by atoms with Gasteiger partial charge in [0.1, 0.15) is 0 Å². The minimum absolute atomic E-state index is 0.0428. The van der Waals surface area contributed by atoms with E-state index in [1.165, 1.54) is 0 Å². The number of nitrogens with one attached hydrogen (secondary N) is 1. The van der Waals surface area contributed by atoms with Crippen LogP contribution >= 0.6 is 0 Å². The van der Waals surface area contributed by atoms with Crippen molar-refractivity contribution in [1.82, 2.24) is 5.32 Å². The molecule has 26 heavy (non-hydrogen) atoms. The van der Waals surface area contributed by atoms with Gasteiger partial charge in [0, 0.05) is 5.54 Å². The van der Waals surface area contributed by atoms with Gasteiger partial charge in [0.15, 0.2) is 5.41 Å². The summed E-state index contributed by atoms with van der Waals surface area (Å²) in [5.74, 6) is -1.46. The van der Waals surface area contributed by atoms with Crippen LogP contribution in [0, 0.1) is 5.41 Å². The highest BCUT2D eigenvalue weighted by Gasteiger charge is 2.49. The van der Waals surface area contributed by atoms with E-state index in [0.717, 1.165) is 18.9 Å². The number of benzene rings is 1. The molecule has 0 spiro atoms. The Kier molecular flexibility index (Phi) is 7.35. The highest BCUT2D eigenvalue weighted by Crippen LogP contribution is 2.29. The van der Waals surface area contributed by atoms with Crippen molar-refractivity contribution in [2.24, 2.45) is 5.41 Å². The molecule has 0 saturated carbocycles. The fourth-order valence-electron chi connectivity index (χ4n) is 2.37. The quantitative estimate of drug-likeness (QED) is 0.415. The van der Waals surface area contributed by atoms with Gasteiger partial charge >= 0.3 is 5.97 Å². The molecule has 1 aromatic rings. The first-order valence-corrected chi connectivity index (χ1v) is 10.0. The highest BCUT2D eigenvalue weighted by atomic mass is 32.2. The van der Waals surface area contributed by atoms with E-state index in [-0.39, 0.29) is 6.42 Å². The maximum absolute atomic E-state index is 12.9. The van der Waals surface area contributed by atoms with Crippen LogP contribution in [0.4, 0.5) is 0 Å². The maximum atomic E-state index is 12.9. The summed E-state index contributed by atoms with van der Waals surface area (Å²) >= 11 is 0. The lowest BCUT2D eigenvalue weighted by Gasteiger charge is -2.32. The molecule has 0 aliphatic rings. The van der Waals surface area contributed by atoms with Gasteiger partial charge in [-0.2, -0.15) is 8.42 Å². The number of carbonyl (C=O) groups is 2. The largest absolute Gasteiger partial charge is 0.468 e. The molecule has 0 saturated heterocycles. The molecule has 1 rings (SSSR count). The zero-order valence-electron chi connectivity index (χ0n) is 15.9. The van der Waals surface area contributed by atoms with Crippen molar-refractivity contribution in [3.8, 4) is 0 Å². The SMILES string of the molecule is COC(=O)C(CCc1ccccc1)(COS(C)(=O)=O)C(=O)NC(C)(C)C. The lowest BCUT2D eigenvalue weighted by Crippen LogP contribution is -2.55. The second kappa shape index (κ2) is 8.64. The first kappa shape index (κ1) is 22.1. The third-order valence-electron chi connectivity index (χ3n) is 3.70. The molecule has 0 heterocycles. The number of esters is 1. The standard InChI is InChI=1S/C18H27NO6S/c1-17(2,3)19-15(20)18(16(21)24-4,13-25-26(5,22)23)12-11-14-9-7-6-8-10-14/h6-10H,11-13H2,1-5H3,(H,19,20). The van der Waals surface area contributed by atoms with E-state index in [2.05, 4.69) is 5.32 Å². The Labute approximate surface area is 155 Å². The van der Waals surface area contributed by atoms with E-state index in [0.29, 0.717) is 6.42 Å². The summed E-state index contributed by atoms with van der Waals surface area (Å²) in [5, 5.41) is 2.73. The normalized spacial score (nSPS) is 14.3. The van der Waals surface area contributed by atoms with Gasteiger partial charge in [-0.1, -0.05) is 30.3 Å². The molecular formula is C18H27NO6S. The summed E-state index contributed by atoms with van der Waals surface area (Å²) in [6.07, 6.45) is 1.29. The van der Waals surface area contributed by atoms with Crippen molar-refractivity contribution in [2.75, 3.05) is 20.0 Å². The van der Waals surface area contributed by atoms with Gasteiger partial charge < -0.3 is 10.1 Å². The van der Waals surface area contributed by atoms with Crippen molar-refractivity contribution in [2.45, 2.75) is 39.2 Å². The van der Waals surface area contributed by atoms with Crippen LogP contribution in [0.15, 0.2) is 30.3 Å². The Bertz CT molecular complexity index is 724. The highest BCUT2D eigenvalue weighted by molar-refractivity contribution is 7.85. The molecule has 0 fully saturated rings. The summed E-state index contributed by atoms with van der Waals surface area (Å²) in [7, 11) is -2.69. The second-order valence-corrected chi connectivity index (χ2v) is 8.87. The minimum atomic E-state index is -3.85. The number of hydrogen-bond acceptors (Lipinski definition) is 6. The van der Waals surface area contributed by atoms with Crippen LogP contribution in [0.1, 0.15) is 32.8 Å². The van der Waals surface area contributed by atoms with Crippen LogP contribution in [0.3, 0.4) is 0 Å². The van der Waals surface area contributed by atoms with Crippen molar-refractivity contribution in [3.05, 3.63) is 35.9 Å². The average molecular weight is 385 g/mol. The van der Waals surface area contributed by atoms with Crippen molar-refractivity contribution < 1.29 is 26.9 Å². The molecule has 146 valence electrons. The van der Waals surface area contributed by atoms with Gasteiger partial charge in [-0.05, 0) is 39.2 Å². The van der Waals surface area contributed by atoms with Gasteiger partial charge in [-0.25, -0.2) is 0 Å². The molecule has 8 heteroatoms. The molecule has 0 radical (unpaired) electrons. The number of ether oxygens (including phenoxy) is 1. The maximum Gasteiger partial charge on any atom is 0.323 e. The summed E-state index contributed by atoms with van der Waals surface area (Å²) in [4.78, 5) is 25.5. The predicted molar refractivity (Wildman–Crippen MR) is 97.9 cm³/mol. The molecule has 7 nitrogen and oxygen atoms in total. The Morgan fingerprint density at radius 3 is 2.15 bits per heavy atom. The molecule has 0 aliphatic heterocycles. The molecule has 1 aromatic carbocycles. The molecular weight excluding hydrogens is 358 g/mol. The van der Waals surface area contributed by atoms with Crippen molar-refractivity contribution in [3.63, 3.8) is 0 Å². The van der Waals surface area contributed by atoms with E-state index in [1.54, 1.807) is 20.8 Å². The Hall–Kier alpha value is -1.93. The number of aryl methyl sites for hydroxylation is 1. The molecule has 1 N–H and O–H groups in total. The van der Waals surface area contributed by atoms with Gasteiger partial charge in [-0.3, -0.25) is 13.8 Å². The van der Waals surface area contributed by atoms with Gasteiger partial charge in [0.25, 0.3) is 10.1 Å². The third kappa shape index (κ3) is 6.76. The fraction of sp³-hybridized carbons (Fsp3) is 0.556. The van der Waals surface area contributed by atoms with Gasteiger partial charge in [-0.15, -0.1) is 0 Å². The number of rotatable bonds is 8. The van der Waals surface area contributed by atoms with Crippen LogP contribution in [-0.4, -0.2) is 45.8 Å². The molecule has 0 aliphatic carbocycles. The Morgan fingerprint density at radius 2 is 1.69 bits per heavy atom. The van der Waals surface area contributed by atoms with E-state index in [4.69, 9.17) is 8.92 Å². The Morgan fingerprint density at radius 1 is 1.12 bits per heavy atom. The predicted octanol–water partition coefficient (Wildman–Crippen LogP) is 1.67. The molecule has 0 bridgehead atoms. The Balaban J connectivity index is 3.23. The smallest absolute Gasteiger partial charge is 0.323 e. The van der Waals surface area contributed by atoms with Crippen LogP contribution in [0.25, 0.3) is 0 Å². The van der Waals surface area contributed by atoms with Gasteiger partial charge in [0.2, 0.25) is 5.91 Å². The second-order valence-electron chi connectivity index (χ2n) is 7.23. The van der Waals surface area contributed by atoms with E-state index >= 15 is 0 Å². The van der Waals surface area contributed by atoms with Crippen LogP contribution in [-0.2, 0) is 35.0 Å². The number of hydrogen-bond donors (Lipinski definition) is 1. The summed E-state index contributed by atoms with van der Waals surface area (Å²) in [6.45, 7) is 4.68. The summed E-state index contributed by atoms with van der Waals surface area (Å²) < 4.78 is 32.6. The number of carbonyl (C=O) groups excluding carboxylic acids is 2. The van der Waals surface area contributed by atoms with Crippen LogP contribution in [0.2, 0.25) is 0 Å². The number of methoxy groups -OCH3 is 1. The number of amides is 1. The van der Waals surface area contributed by atoms with Crippen molar-refractivity contribution in [1.29, 1.82) is 0 Å². The van der Waals surface area contributed by atoms with Crippen LogP contribution in [0.5, 0.6) is 0 Å². The molecule has 1 unspecified atom stereocenters. The lowest BCUT2D eigenvalue weighted by atomic mass is 9.81. The summed E-state index contributed by atoms with van der Waals surface area (Å²) in [5.41, 5.74) is -1.49. The van der Waals surface area contributed by atoms with E-state index in [9.17, 15) is 18.0 Å². The molecule has 0 aromatic heterocycles. The van der Waals surface area contributed by atoms with E-state index < -0.39 is 39.6 Å².